The molecule has 1 aromatic carbocycles. The molecule has 2 heterocycles. The predicted octanol–water partition coefficient (Wildman–Crippen LogP) is 4.33. The zero-order valence-electron chi connectivity index (χ0n) is 21.2. The number of hydrogen-bond acceptors (Lipinski definition) is 6. The molecular formula is C29H36N2O5. The van der Waals surface area contributed by atoms with Crippen molar-refractivity contribution in [2.75, 3.05) is 26.7 Å². The van der Waals surface area contributed by atoms with Crippen molar-refractivity contribution in [1.29, 1.82) is 0 Å². The minimum atomic E-state index is -0.372. The highest BCUT2D eigenvalue weighted by atomic mass is 16.5. The molecule has 0 radical (unpaired) electrons. The van der Waals surface area contributed by atoms with Crippen molar-refractivity contribution < 1.29 is 23.5 Å². The van der Waals surface area contributed by atoms with Gasteiger partial charge in [-0.2, -0.15) is 0 Å². The van der Waals surface area contributed by atoms with Gasteiger partial charge in [0.1, 0.15) is 5.75 Å². The van der Waals surface area contributed by atoms with Crippen molar-refractivity contribution in [3.63, 3.8) is 0 Å². The van der Waals surface area contributed by atoms with Crippen LogP contribution in [0.1, 0.15) is 56.6 Å². The predicted molar refractivity (Wildman–Crippen MR) is 136 cm³/mol. The van der Waals surface area contributed by atoms with Gasteiger partial charge in [0.2, 0.25) is 5.91 Å². The minimum Gasteiger partial charge on any atom is -0.472 e. The lowest BCUT2D eigenvalue weighted by Crippen LogP contribution is -2.68. The van der Waals surface area contributed by atoms with Crippen LogP contribution in [0, 0.1) is 5.92 Å². The minimum absolute atomic E-state index is 0.0159. The van der Waals surface area contributed by atoms with Gasteiger partial charge in [-0.15, -0.1) is 0 Å². The Balaban J connectivity index is 1.42. The molecule has 3 aliphatic rings. The lowest BCUT2D eigenvalue weighted by atomic mass is 9.55. The molecule has 3 fully saturated rings. The summed E-state index contributed by atoms with van der Waals surface area (Å²) in [6.07, 6.45) is 12.6. The molecule has 1 aliphatic heterocycles. The summed E-state index contributed by atoms with van der Waals surface area (Å²) in [6, 6.07) is 9.73. The molecule has 0 unspecified atom stereocenters. The monoisotopic (exact) mass is 492 g/mol. The van der Waals surface area contributed by atoms with Crippen molar-refractivity contribution in [3.8, 4) is 5.75 Å². The summed E-state index contributed by atoms with van der Waals surface area (Å²) in [5, 5.41) is 3.24. The van der Waals surface area contributed by atoms with Crippen LogP contribution >= 0.6 is 0 Å². The SMILES string of the molecule is CO[C@]12CC[C@H](NC(=O)C=Cc3ccoc3)C[C@]1(c1cccc(OC(C)=O)c1)CCN(CC1CC1)C2. The number of rotatable bonds is 8. The molecule has 2 aromatic rings. The van der Waals surface area contributed by atoms with Crippen LogP contribution in [-0.2, 0) is 19.7 Å². The van der Waals surface area contributed by atoms with E-state index in [2.05, 4.69) is 16.3 Å². The number of amides is 1. The first kappa shape index (κ1) is 24.8. The topological polar surface area (TPSA) is 81.0 Å². The Bertz CT molecular complexity index is 1110. The first-order valence-electron chi connectivity index (χ1n) is 13.0. The second-order valence-electron chi connectivity index (χ2n) is 10.7. The Labute approximate surface area is 212 Å². The van der Waals surface area contributed by atoms with Crippen LogP contribution in [0.3, 0.4) is 0 Å². The maximum absolute atomic E-state index is 12.8. The Morgan fingerprint density at radius 3 is 2.81 bits per heavy atom. The number of likely N-dealkylation sites (tertiary alicyclic amines) is 1. The third-order valence-corrected chi connectivity index (χ3v) is 8.27. The van der Waals surface area contributed by atoms with Crippen LogP contribution in [0.4, 0.5) is 0 Å². The molecule has 3 atom stereocenters. The van der Waals surface area contributed by atoms with Gasteiger partial charge in [-0.25, -0.2) is 0 Å². The Morgan fingerprint density at radius 1 is 1.22 bits per heavy atom. The van der Waals surface area contributed by atoms with Gasteiger partial charge >= 0.3 is 5.97 Å². The highest BCUT2D eigenvalue weighted by Gasteiger charge is 2.59. The van der Waals surface area contributed by atoms with Gasteiger partial charge in [-0.3, -0.25) is 9.59 Å². The normalized spacial score (nSPS) is 28.6. The molecule has 1 N–H and O–H groups in total. The third kappa shape index (κ3) is 5.13. The molecular weight excluding hydrogens is 456 g/mol. The maximum atomic E-state index is 12.8. The van der Waals surface area contributed by atoms with E-state index in [0.29, 0.717) is 5.75 Å². The van der Waals surface area contributed by atoms with Crippen LogP contribution in [0.25, 0.3) is 6.08 Å². The van der Waals surface area contributed by atoms with E-state index in [1.807, 2.05) is 31.4 Å². The highest BCUT2D eigenvalue weighted by molar-refractivity contribution is 5.91. The van der Waals surface area contributed by atoms with E-state index < -0.39 is 0 Å². The Kier molecular flexibility index (Phi) is 7.04. The summed E-state index contributed by atoms with van der Waals surface area (Å²) in [5.74, 6) is 0.923. The smallest absolute Gasteiger partial charge is 0.308 e. The number of carbonyl (C=O) groups is 2. The molecule has 2 saturated carbocycles. The zero-order valence-corrected chi connectivity index (χ0v) is 21.2. The Hall–Kier alpha value is -2.90. The molecule has 1 aromatic heterocycles. The summed E-state index contributed by atoms with van der Waals surface area (Å²) in [6.45, 7) is 4.41. The number of benzene rings is 1. The quantitative estimate of drug-likeness (QED) is 0.336. The van der Waals surface area contributed by atoms with Crippen molar-refractivity contribution in [3.05, 3.63) is 60.1 Å². The summed E-state index contributed by atoms with van der Waals surface area (Å²) in [7, 11) is 1.83. The van der Waals surface area contributed by atoms with Crippen molar-refractivity contribution >= 4 is 18.0 Å². The van der Waals surface area contributed by atoms with Crippen LogP contribution < -0.4 is 10.1 Å². The molecule has 0 spiro atoms. The average Bonchev–Trinajstić information content (AvgIpc) is 3.52. The number of piperidine rings is 1. The van der Waals surface area contributed by atoms with Crippen molar-refractivity contribution in [1.82, 2.24) is 10.2 Å². The Morgan fingerprint density at radius 2 is 2.08 bits per heavy atom. The van der Waals surface area contributed by atoms with Crippen LogP contribution in [0.2, 0.25) is 0 Å². The number of methoxy groups -OCH3 is 1. The van der Waals surface area contributed by atoms with Gasteiger partial charge in [-0.05, 0) is 80.8 Å². The molecule has 0 bridgehead atoms. The molecule has 2 aliphatic carbocycles. The van der Waals surface area contributed by atoms with Gasteiger partial charge in [0.05, 0.1) is 18.1 Å². The number of fused-ring (bicyclic) bond motifs is 1. The number of carbonyl (C=O) groups excluding carboxylic acids is 2. The van der Waals surface area contributed by atoms with E-state index in [9.17, 15) is 9.59 Å². The average molecular weight is 493 g/mol. The van der Waals surface area contributed by atoms with Crippen molar-refractivity contribution in [2.45, 2.75) is 62.5 Å². The first-order chi connectivity index (χ1) is 17.4. The van der Waals surface area contributed by atoms with Gasteiger partial charge in [-0.1, -0.05) is 12.1 Å². The van der Waals surface area contributed by atoms with E-state index >= 15 is 0 Å². The second kappa shape index (κ2) is 10.2. The summed E-state index contributed by atoms with van der Waals surface area (Å²) in [4.78, 5) is 27.0. The number of furan rings is 1. The third-order valence-electron chi connectivity index (χ3n) is 8.27. The fourth-order valence-corrected chi connectivity index (χ4v) is 6.35. The van der Waals surface area contributed by atoms with Gasteiger partial charge in [0.25, 0.3) is 0 Å². The van der Waals surface area contributed by atoms with E-state index in [1.54, 1.807) is 24.7 Å². The highest BCUT2D eigenvalue weighted by Crippen LogP contribution is 2.54. The summed E-state index contributed by atoms with van der Waals surface area (Å²) in [5.41, 5.74) is 1.29. The summed E-state index contributed by atoms with van der Waals surface area (Å²) >= 11 is 0. The van der Waals surface area contributed by atoms with Gasteiger partial charge in [0, 0.05) is 50.2 Å². The fourth-order valence-electron chi connectivity index (χ4n) is 6.35. The van der Waals surface area contributed by atoms with E-state index in [1.165, 1.54) is 19.8 Å². The van der Waals surface area contributed by atoms with E-state index in [-0.39, 0.29) is 28.9 Å². The fraction of sp³-hybridized carbons (Fsp3) is 0.517. The van der Waals surface area contributed by atoms with E-state index in [4.69, 9.17) is 13.9 Å². The van der Waals surface area contributed by atoms with Gasteiger partial charge in [0.15, 0.2) is 0 Å². The number of esters is 1. The standard InChI is InChI=1S/C29H36N2O5/c1-21(32)36-26-5-3-4-24(16-26)28-13-14-31(18-22-6-7-22)20-29(28,34-2)12-10-25(17-28)30-27(33)9-8-23-11-15-35-19-23/h3-5,8-9,11,15-16,19,22,25H,6-7,10,12-14,17-18,20H2,1-2H3,(H,30,33)/t25-,28-,29-/m0/s1. The summed E-state index contributed by atoms with van der Waals surface area (Å²) < 4.78 is 17.0. The molecule has 1 saturated heterocycles. The maximum Gasteiger partial charge on any atom is 0.308 e. The molecule has 5 rings (SSSR count). The molecule has 1 amide bonds. The number of nitrogens with zero attached hydrogens (tertiary/aromatic N) is 1. The zero-order chi connectivity index (χ0) is 25.2. The first-order valence-corrected chi connectivity index (χ1v) is 13.0. The van der Waals surface area contributed by atoms with Crippen LogP contribution in [0.5, 0.6) is 5.75 Å². The van der Waals surface area contributed by atoms with Crippen LogP contribution in [-0.4, -0.2) is 55.2 Å². The number of nitrogens with one attached hydrogen (secondary N) is 1. The number of ether oxygens (including phenoxy) is 2. The van der Waals surface area contributed by atoms with E-state index in [0.717, 1.165) is 62.4 Å². The van der Waals surface area contributed by atoms with Crippen molar-refractivity contribution in [2.24, 2.45) is 5.92 Å². The molecule has 36 heavy (non-hydrogen) atoms. The lowest BCUT2D eigenvalue weighted by Gasteiger charge is -2.60. The molecule has 192 valence electrons. The largest absolute Gasteiger partial charge is 0.472 e. The second-order valence-corrected chi connectivity index (χ2v) is 10.7. The number of hydrogen-bond donors (Lipinski definition) is 1. The molecule has 7 nitrogen and oxygen atoms in total. The van der Waals surface area contributed by atoms with Crippen LogP contribution in [0.15, 0.2) is 53.4 Å². The molecule has 7 heteroatoms. The van der Waals surface area contributed by atoms with Gasteiger partial charge < -0.3 is 24.1 Å². The lowest BCUT2D eigenvalue weighted by molar-refractivity contribution is -0.150.